The summed E-state index contributed by atoms with van der Waals surface area (Å²) in [5, 5.41) is 0. The zero-order chi connectivity index (χ0) is 12.5. The van der Waals surface area contributed by atoms with Gasteiger partial charge < -0.3 is 4.42 Å². The first-order valence-corrected chi connectivity index (χ1v) is 5.73. The summed E-state index contributed by atoms with van der Waals surface area (Å²) in [4.78, 5) is 15.8. The van der Waals surface area contributed by atoms with E-state index in [0.29, 0.717) is 12.1 Å². The fourth-order valence-corrected chi connectivity index (χ4v) is 1.99. The monoisotopic (exact) mass is 240 g/mol. The van der Waals surface area contributed by atoms with Crippen molar-refractivity contribution in [1.29, 1.82) is 0 Å². The number of pyridine rings is 1. The molecule has 1 aromatic carbocycles. The molecule has 0 unspecified atom stereocenters. The van der Waals surface area contributed by atoms with Gasteiger partial charge in [-0.3, -0.25) is 9.55 Å². The van der Waals surface area contributed by atoms with Crippen molar-refractivity contribution in [2.24, 2.45) is 0 Å². The highest BCUT2D eigenvalue weighted by Crippen LogP contribution is 2.15. The molecule has 4 heteroatoms. The third-order valence-electron chi connectivity index (χ3n) is 2.91. The Morgan fingerprint density at radius 1 is 1.22 bits per heavy atom. The maximum absolute atomic E-state index is 11.8. The van der Waals surface area contributed by atoms with Crippen LogP contribution in [0.15, 0.2) is 51.9 Å². The predicted octanol–water partition coefficient (Wildman–Crippen LogP) is 2.35. The normalized spacial score (nSPS) is 10.9. The van der Waals surface area contributed by atoms with E-state index in [2.05, 4.69) is 4.98 Å². The summed E-state index contributed by atoms with van der Waals surface area (Å²) in [7, 11) is 0. The largest absolute Gasteiger partial charge is 0.420 e. The van der Waals surface area contributed by atoms with Gasteiger partial charge in [0.1, 0.15) is 0 Å². The van der Waals surface area contributed by atoms with E-state index in [4.69, 9.17) is 4.42 Å². The van der Waals surface area contributed by atoms with Gasteiger partial charge in [-0.1, -0.05) is 6.07 Å². The third-order valence-corrected chi connectivity index (χ3v) is 2.91. The lowest BCUT2D eigenvalue weighted by Gasteiger charge is -2.02. The summed E-state index contributed by atoms with van der Waals surface area (Å²) in [5.74, 6) is -0.326. The highest BCUT2D eigenvalue weighted by molar-refractivity contribution is 5.73. The molecule has 0 saturated carbocycles. The van der Waals surface area contributed by atoms with Gasteiger partial charge in [-0.15, -0.1) is 0 Å². The first-order chi connectivity index (χ1) is 8.74. The van der Waals surface area contributed by atoms with Gasteiger partial charge in [-0.2, -0.15) is 0 Å². The third kappa shape index (κ3) is 1.82. The predicted molar refractivity (Wildman–Crippen MR) is 68.6 cm³/mol. The lowest BCUT2D eigenvalue weighted by atomic mass is 10.2. The highest BCUT2D eigenvalue weighted by atomic mass is 16.4. The number of oxazole rings is 1. The second-order valence-electron chi connectivity index (χ2n) is 4.28. The lowest BCUT2D eigenvalue weighted by Crippen LogP contribution is -2.14. The molecule has 0 N–H and O–H groups in total. The topological polar surface area (TPSA) is 48.0 Å². The van der Waals surface area contributed by atoms with Crippen molar-refractivity contribution in [2.45, 2.75) is 13.5 Å². The molecule has 0 atom stereocenters. The molecule has 2 aromatic heterocycles. The molecule has 0 bridgehead atoms. The van der Waals surface area contributed by atoms with Crippen molar-refractivity contribution >= 4 is 11.1 Å². The minimum absolute atomic E-state index is 0.326. The fourth-order valence-electron chi connectivity index (χ4n) is 1.99. The first kappa shape index (κ1) is 10.8. The van der Waals surface area contributed by atoms with E-state index in [-0.39, 0.29) is 5.76 Å². The van der Waals surface area contributed by atoms with Gasteiger partial charge in [-0.25, -0.2) is 4.79 Å². The molecule has 3 aromatic rings. The fraction of sp³-hybridized carbons (Fsp3) is 0.143. The standard InChI is InChI=1S/C14H12N2O2/c1-10-2-3-12-13(8-10)18-14(17)16(12)9-11-4-6-15-7-5-11/h2-8H,9H2,1H3. The van der Waals surface area contributed by atoms with Crippen LogP contribution in [0.3, 0.4) is 0 Å². The Kier molecular flexibility index (Phi) is 2.48. The maximum atomic E-state index is 11.8. The van der Waals surface area contributed by atoms with E-state index in [0.717, 1.165) is 16.6 Å². The van der Waals surface area contributed by atoms with Crippen LogP contribution in [-0.2, 0) is 6.54 Å². The Labute approximate surface area is 104 Å². The quantitative estimate of drug-likeness (QED) is 0.690. The minimum atomic E-state index is -0.326. The number of nitrogens with zero attached hydrogens (tertiary/aromatic N) is 2. The number of hydrogen-bond donors (Lipinski definition) is 0. The van der Waals surface area contributed by atoms with E-state index in [1.54, 1.807) is 17.0 Å². The molecule has 0 aliphatic heterocycles. The molecule has 4 nitrogen and oxygen atoms in total. The smallest absolute Gasteiger partial charge is 0.408 e. The highest BCUT2D eigenvalue weighted by Gasteiger charge is 2.09. The molecular weight excluding hydrogens is 228 g/mol. The average molecular weight is 240 g/mol. The van der Waals surface area contributed by atoms with Crippen LogP contribution in [0, 0.1) is 6.92 Å². The second kappa shape index (κ2) is 4.14. The van der Waals surface area contributed by atoms with Crippen LogP contribution in [0.2, 0.25) is 0 Å². The van der Waals surface area contributed by atoms with Crippen molar-refractivity contribution in [3.8, 4) is 0 Å². The molecule has 90 valence electrons. The molecular formula is C14H12N2O2. The number of rotatable bonds is 2. The van der Waals surface area contributed by atoms with Crippen LogP contribution in [0.4, 0.5) is 0 Å². The van der Waals surface area contributed by atoms with Crippen molar-refractivity contribution < 1.29 is 4.42 Å². The zero-order valence-corrected chi connectivity index (χ0v) is 9.96. The Bertz CT molecular complexity index is 741. The summed E-state index contributed by atoms with van der Waals surface area (Å²) in [6.07, 6.45) is 3.43. The number of hydrogen-bond acceptors (Lipinski definition) is 3. The van der Waals surface area contributed by atoms with E-state index in [1.807, 2.05) is 37.3 Å². The SMILES string of the molecule is Cc1ccc2c(c1)oc(=O)n2Cc1ccncc1. The lowest BCUT2D eigenvalue weighted by molar-refractivity contribution is 0.517. The van der Waals surface area contributed by atoms with E-state index < -0.39 is 0 Å². The van der Waals surface area contributed by atoms with Crippen LogP contribution in [0.1, 0.15) is 11.1 Å². The number of benzene rings is 1. The molecule has 0 amide bonds. The summed E-state index contributed by atoms with van der Waals surface area (Å²) < 4.78 is 6.87. The second-order valence-corrected chi connectivity index (χ2v) is 4.28. The van der Waals surface area contributed by atoms with Crippen molar-refractivity contribution in [1.82, 2.24) is 9.55 Å². The van der Waals surface area contributed by atoms with E-state index in [1.165, 1.54) is 0 Å². The molecule has 0 spiro atoms. The summed E-state index contributed by atoms with van der Waals surface area (Å²) in [5.41, 5.74) is 3.55. The first-order valence-electron chi connectivity index (χ1n) is 5.73. The number of aromatic nitrogens is 2. The van der Waals surface area contributed by atoms with Gasteiger partial charge in [0.05, 0.1) is 12.1 Å². The summed E-state index contributed by atoms with van der Waals surface area (Å²) in [6, 6.07) is 9.54. The van der Waals surface area contributed by atoms with Crippen LogP contribution >= 0.6 is 0 Å². The summed E-state index contributed by atoms with van der Waals surface area (Å²) >= 11 is 0. The number of aryl methyl sites for hydroxylation is 1. The van der Waals surface area contributed by atoms with Gasteiger partial charge in [0.2, 0.25) is 0 Å². The molecule has 0 radical (unpaired) electrons. The van der Waals surface area contributed by atoms with Crippen molar-refractivity contribution in [3.05, 3.63) is 64.4 Å². The zero-order valence-electron chi connectivity index (χ0n) is 9.96. The van der Waals surface area contributed by atoms with Gasteiger partial charge in [-0.05, 0) is 42.3 Å². The van der Waals surface area contributed by atoms with Crippen LogP contribution in [0.5, 0.6) is 0 Å². The maximum Gasteiger partial charge on any atom is 0.420 e. The average Bonchev–Trinajstić information content (AvgIpc) is 2.66. The molecule has 18 heavy (non-hydrogen) atoms. The molecule has 2 heterocycles. The minimum Gasteiger partial charge on any atom is -0.408 e. The van der Waals surface area contributed by atoms with Crippen molar-refractivity contribution in [3.63, 3.8) is 0 Å². The Hall–Kier alpha value is -2.36. The van der Waals surface area contributed by atoms with E-state index in [9.17, 15) is 4.79 Å². The molecule has 0 fully saturated rings. The molecule has 3 rings (SSSR count). The van der Waals surface area contributed by atoms with Crippen LogP contribution in [-0.4, -0.2) is 9.55 Å². The Balaban J connectivity index is 2.12. The number of fused-ring (bicyclic) bond motifs is 1. The van der Waals surface area contributed by atoms with E-state index >= 15 is 0 Å². The Morgan fingerprint density at radius 2 is 2.00 bits per heavy atom. The van der Waals surface area contributed by atoms with Gasteiger partial charge in [0.25, 0.3) is 0 Å². The summed E-state index contributed by atoms with van der Waals surface area (Å²) in [6.45, 7) is 2.47. The van der Waals surface area contributed by atoms with Crippen LogP contribution in [0.25, 0.3) is 11.1 Å². The van der Waals surface area contributed by atoms with Gasteiger partial charge in [0, 0.05) is 12.4 Å². The van der Waals surface area contributed by atoms with Gasteiger partial charge in [0.15, 0.2) is 5.58 Å². The van der Waals surface area contributed by atoms with Crippen molar-refractivity contribution in [2.75, 3.05) is 0 Å². The molecule has 0 saturated heterocycles. The Morgan fingerprint density at radius 3 is 2.78 bits per heavy atom. The van der Waals surface area contributed by atoms with Crippen LogP contribution < -0.4 is 5.76 Å². The molecule has 0 aliphatic rings. The van der Waals surface area contributed by atoms with Gasteiger partial charge >= 0.3 is 5.76 Å². The molecule has 0 aliphatic carbocycles.